The van der Waals surface area contributed by atoms with Crippen molar-refractivity contribution in [3.8, 4) is 0 Å². The number of carbonyl (C=O) groups is 1. The Kier molecular flexibility index (Phi) is 18.1. The number of hydrogen-bond acceptors (Lipinski definition) is 3. The van der Waals surface area contributed by atoms with Gasteiger partial charge >= 0.3 is 0 Å². The van der Waals surface area contributed by atoms with Crippen molar-refractivity contribution in [3.63, 3.8) is 0 Å². The lowest BCUT2D eigenvalue weighted by atomic mass is 10.0. The molecular weight excluding hydrogens is 326 g/mol. The Morgan fingerprint density at radius 1 is 0.696 bits per heavy atom. The van der Waals surface area contributed by atoms with Gasteiger partial charge in [0, 0.05) is 10.6 Å². The molecule has 0 spiro atoms. The molecule has 0 aromatic carbocycles. The highest BCUT2D eigenvalue weighted by atomic mass is 32.1. The van der Waals surface area contributed by atoms with E-state index in [0.717, 1.165) is 23.5 Å². The number of carbonyl (C=O) groups excluding carboxylic acids is 1. The molecule has 0 aromatic heterocycles. The van der Waals surface area contributed by atoms with Gasteiger partial charge in [-0.2, -0.15) is 0 Å². The first-order chi connectivity index (χ1) is 11.2. The summed E-state index contributed by atoms with van der Waals surface area (Å²) in [6, 6.07) is 0. The highest BCUT2D eigenvalue weighted by Gasteiger charge is 1.98. The van der Waals surface area contributed by atoms with Crippen LogP contribution in [0.4, 0.5) is 0 Å². The molecule has 0 fully saturated rings. The van der Waals surface area contributed by atoms with Gasteiger partial charge in [-0.3, -0.25) is 10.0 Å². The van der Waals surface area contributed by atoms with Crippen LogP contribution in [-0.4, -0.2) is 15.3 Å². The average Bonchev–Trinajstić information content (AvgIpc) is 2.53. The van der Waals surface area contributed by atoms with E-state index in [1.165, 1.54) is 77.0 Å². The van der Waals surface area contributed by atoms with Crippen LogP contribution in [0.3, 0.4) is 0 Å². The van der Waals surface area contributed by atoms with Crippen molar-refractivity contribution in [2.45, 2.75) is 103 Å². The molecule has 0 saturated heterocycles. The van der Waals surface area contributed by atoms with Gasteiger partial charge in [0.15, 0.2) is 0 Å². The van der Waals surface area contributed by atoms with Crippen LogP contribution in [0.5, 0.6) is 0 Å². The van der Waals surface area contributed by atoms with Gasteiger partial charge in [0.2, 0.25) is 5.91 Å². The lowest BCUT2D eigenvalue weighted by Crippen LogP contribution is -2.17. The van der Waals surface area contributed by atoms with E-state index >= 15 is 0 Å². The molecule has 23 heavy (non-hydrogen) atoms. The molecule has 0 aliphatic heterocycles. The summed E-state index contributed by atoms with van der Waals surface area (Å²) in [6.45, 7) is 0. The van der Waals surface area contributed by atoms with Gasteiger partial charge in [0.05, 0.1) is 0 Å². The topological polar surface area (TPSA) is 49.3 Å². The van der Waals surface area contributed by atoms with E-state index in [-0.39, 0.29) is 5.91 Å². The van der Waals surface area contributed by atoms with Crippen LogP contribution >= 0.6 is 24.8 Å². The van der Waals surface area contributed by atoms with Gasteiger partial charge in [-0.1, -0.05) is 89.3 Å². The lowest BCUT2D eigenvalue weighted by molar-refractivity contribution is -0.129. The van der Waals surface area contributed by atoms with Gasteiger partial charge in [0.25, 0.3) is 0 Å². The van der Waals surface area contributed by atoms with E-state index in [4.69, 9.17) is 17.4 Å². The zero-order chi connectivity index (χ0) is 17.2. The van der Waals surface area contributed by atoms with Crippen LogP contribution in [0.2, 0.25) is 0 Å². The summed E-state index contributed by atoms with van der Waals surface area (Å²) < 4.78 is 0.848. The minimum absolute atomic E-state index is 0.268. The maximum absolute atomic E-state index is 10.8. The number of thiocarbonyl (C=S) groups is 1. The number of amides is 1. The maximum atomic E-state index is 10.8. The van der Waals surface area contributed by atoms with E-state index in [1.807, 2.05) is 0 Å². The molecule has 0 heterocycles. The van der Waals surface area contributed by atoms with Crippen LogP contribution in [0.25, 0.3) is 0 Å². The third kappa shape index (κ3) is 19.8. The fourth-order valence-corrected chi connectivity index (χ4v) is 3.04. The number of unbranched alkanes of at least 4 members (excludes halogenated alkanes) is 13. The standard InChI is InChI=1S/C18H35NO2S2/c20-17(19-21)15-13-11-9-7-5-3-1-2-4-6-8-10-12-14-16-18(22)23/h21H,1-16H2,(H,19,20)(H,22,23). The third-order valence-corrected chi connectivity index (χ3v) is 4.60. The van der Waals surface area contributed by atoms with Crippen LogP contribution < -0.4 is 5.48 Å². The molecule has 0 saturated carbocycles. The number of nitrogens with one attached hydrogen (secondary N) is 1. The largest absolute Gasteiger partial charge is 0.289 e. The molecule has 3 nitrogen and oxygen atoms in total. The minimum atomic E-state index is -0.268. The van der Waals surface area contributed by atoms with E-state index in [0.29, 0.717) is 6.42 Å². The molecule has 5 heteroatoms. The van der Waals surface area contributed by atoms with Crippen molar-refractivity contribution in [2.75, 3.05) is 0 Å². The monoisotopic (exact) mass is 361 g/mol. The second-order valence-corrected chi connectivity index (χ2v) is 7.71. The predicted molar refractivity (Wildman–Crippen MR) is 105 cm³/mol. The van der Waals surface area contributed by atoms with Crippen molar-refractivity contribution < 1.29 is 10.0 Å². The van der Waals surface area contributed by atoms with E-state index in [9.17, 15) is 4.79 Å². The first kappa shape index (κ1) is 22.9. The van der Waals surface area contributed by atoms with Gasteiger partial charge in [-0.15, -0.1) is 12.6 Å². The molecule has 0 unspecified atom stereocenters. The Labute approximate surface area is 153 Å². The van der Waals surface area contributed by atoms with E-state index in [1.54, 1.807) is 5.48 Å². The molecule has 0 aliphatic rings. The zero-order valence-electron chi connectivity index (χ0n) is 14.5. The zero-order valence-corrected chi connectivity index (χ0v) is 16.2. The Bertz CT molecular complexity index is 299. The number of rotatable bonds is 17. The highest BCUT2D eigenvalue weighted by Crippen LogP contribution is 2.14. The van der Waals surface area contributed by atoms with Crippen LogP contribution in [0, 0.1) is 0 Å². The quantitative estimate of drug-likeness (QED) is 0.0980. The number of thiol groups is 1. The van der Waals surface area contributed by atoms with Gasteiger partial charge in [0.1, 0.15) is 0 Å². The summed E-state index contributed by atoms with van der Waals surface area (Å²) in [5.74, 6) is -0.268. The Morgan fingerprint density at radius 3 is 1.30 bits per heavy atom. The molecule has 0 aromatic rings. The second kappa shape index (κ2) is 18.2. The number of hydrogen-bond donors (Lipinski definition) is 3. The van der Waals surface area contributed by atoms with Crippen molar-refractivity contribution in [1.29, 1.82) is 0 Å². The van der Waals surface area contributed by atoms with Gasteiger partial charge in [-0.25, -0.2) is 5.48 Å². The van der Waals surface area contributed by atoms with Crippen molar-refractivity contribution in [3.05, 3.63) is 0 Å². The van der Waals surface area contributed by atoms with Crippen molar-refractivity contribution in [2.24, 2.45) is 0 Å². The smallest absolute Gasteiger partial charge is 0.243 e. The minimum Gasteiger partial charge on any atom is -0.289 e. The van der Waals surface area contributed by atoms with Crippen LogP contribution in [0.1, 0.15) is 103 Å². The summed E-state index contributed by atoms with van der Waals surface area (Å²) >= 11 is 9.09. The van der Waals surface area contributed by atoms with Crippen LogP contribution in [0.15, 0.2) is 0 Å². The predicted octanol–water partition coefficient (Wildman–Crippen LogP) is 5.99. The Hall–Kier alpha value is -0.130. The summed E-state index contributed by atoms with van der Waals surface area (Å²) in [5, 5.41) is 8.36. The number of hydroxylamine groups is 1. The maximum Gasteiger partial charge on any atom is 0.243 e. The molecule has 0 atom stereocenters. The summed E-state index contributed by atoms with van der Waals surface area (Å²) in [4.78, 5) is 10.8. The van der Waals surface area contributed by atoms with Crippen LogP contribution in [-0.2, 0) is 4.79 Å². The summed E-state index contributed by atoms with van der Waals surface area (Å²) in [6.07, 6.45) is 19.2. The molecule has 0 aliphatic carbocycles. The fourth-order valence-electron chi connectivity index (χ4n) is 2.74. The van der Waals surface area contributed by atoms with Crippen molar-refractivity contribution in [1.82, 2.24) is 5.48 Å². The molecule has 0 rings (SSSR count). The Morgan fingerprint density at radius 2 is 1.00 bits per heavy atom. The van der Waals surface area contributed by atoms with E-state index < -0.39 is 0 Å². The molecule has 2 N–H and O–H groups in total. The first-order valence-electron chi connectivity index (χ1n) is 9.31. The first-order valence-corrected chi connectivity index (χ1v) is 10.2. The fraction of sp³-hybridized carbons (Fsp3) is 0.889. The van der Waals surface area contributed by atoms with Crippen molar-refractivity contribution >= 4 is 35.0 Å². The van der Waals surface area contributed by atoms with Gasteiger partial charge < -0.3 is 0 Å². The third-order valence-electron chi connectivity index (χ3n) is 4.17. The SMILES string of the molecule is O=C(CCCCCCCCCCCCCCCCC(=S)S)NO. The Balaban J connectivity index is 3.02. The van der Waals surface area contributed by atoms with Gasteiger partial charge in [-0.05, 0) is 19.3 Å². The summed E-state index contributed by atoms with van der Waals surface area (Å²) in [7, 11) is 0. The lowest BCUT2D eigenvalue weighted by Gasteiger charge is -2.03. The van der Waals surface area contributed by atoms with E-state index in [2.05, 4.69) is 12.6 Å². The molecule has 1 amide bonds. The average molecular weight is 362 g/mol. The second-order valence-electron chi connectivity index (χ2n) is 6.38. The summed E-state index contributed by atoms with van der Waals surface area (Å²) in [5.41, 5.74) is 1.67. The highest BCUT2D eigenvalue weighted by molar-refractivity contribution is 8.11. The molecular formula is C18H35NO2S2. The molecule has 136 valence electrons. The normalized spacial score (nSPS) is 10.7. The molecule has 0 radical (unpaired) electrons. The molecule has 0 bridgehead atoms.